The van der Waals surface area contributed by atoms with Gasteiger partial charge in [0.2, 0.25) is 11.8 Å². The van der Waals surface area contributed by atoms with Gasteiger partial charge in [-0.1, -0.05) is 51.1 Å². The number of fused-ring (bicyclic) bond motifs is 1. The van der Waals surface area contributed by atoms with Crippen LogP contribution in [0.3, 0.4) is 0 Å². The highest BCUT2D eigenvalue weighted by atomic mass is 32.2. The molecule has 9 nitrogen and oxygen atoms in total. The van der Waals surface area contributed by atoms with Crippen LogP contribution in [0.15, 0.2) is 67.0 Å². The molecular formula is C41H51FN6O3S. The fourth-order valence-electron chi connectivity index (χ4n) is 8.24. The van der Waals surface area contributed by atoms with Crippen molar-refractivity contribution in [1.29, 1.82) is 0 Å². The molecule has 3 fully saturated rings. The molecule has 1 aromatic heterocycles. The summed E-state index contributed by atoms with van der Waals surface area (Å²) in [7, 11) is 0. The van der Waals surface area contributed by atoms with E-state index in [2.05, 4.69) is 54.2 Å². The Morgan fingerprint density at radius 3 is 2.38 bits per heavy atom. The van der Waals surface area contributed by atoms with Gasteiger partial charge in [-0.2, -0.15) is 0 Å². The van der Waals surface area contributed by atoms with Crippen LogP contribution in [0.4, 0.5) is 20.6 Å². The third kappa shape index (κ3) is 7.94. The van der Waals surface area contributed by atoms with E-state index in [1.807, 2.05) is 51.4 Å². The first-order chi connectivity index (χ1) is 25.1. The summed E-state index contributed by atoms with van der Waals surface area (Å²) >= 11 is 1.49. The lowest BCUT2D eigenvalue weighted by Crippen LogP contribution is -2.50. The van der Waals surface area contributed by atoms with E-state index in [4.69, 9.17) is 0 Å². The zero-order chi connectivity index (χ0) is 36.4. The number of halogens is 1. The van der Waals surface area contributed by atoms with E-state index >= 15 is 4.39 Å². The van der Waals surface area contributed by atoms with E-state index in [-0.39, 0.29) is 46.9 Å². The molecule has 4 aliphatic rings. The molecule has 5 heterocycles. The maximum Gasteiger partial charge on any atom is 0.322 e. The lowest BCUT2D eigenvalue weighted by molar-refractivity contribution is -0.137. The Morgan fingerprint density at radius 2 is 1.65 bits per heavy atom. The van der Waals surface area contributed by atoms with Crippen molar-refractivity contribution in [2.75, 3.05) is 49.5 Å². The highest BCUT2D eigenvalue weighted by Gasteiger charge is 2.44. The smallest absolute Gasteiger partial charge is 0.322 e. The van der Waals surface area contributed by atoms with Crippen LogP contribution in [0.1, 0.15) is 87.3 Å². The van der Waals surface area contributed by atoms with Crippen molar-refractivity contribution < 1.29 is 18.8 Å². The molecule has 0 saturated carbocycles. The molecule has 7 rings (SSSR count). The molecular weight excluding hydrogens is 676 g/mol. The van der Waals surface area contributed by atoms with Crippen LogP contribution in [-0.4, -0.2) is 88.1 Å². The molecule has 1 unspecified atom stereocenters. The van der Waals surface area contributed by atoms with Crippen LogP contribution in [0.2, 0.25) is 0 Å². The highest BCUT2D eigenvalue weighted by molar-refractivity contribution is 8.01. The van der Waals surface area contributed by atoms with Gasteiger partial charge in [0.1, 0.15) is 11.2 Å². The van der Waals surface area contributed by atoms with Gasteiger partial charge in [-0.25, -0.2) is 9.18 Å². The lowest BCUT2D eigenvalue weighted by Gasteiger charge is -2.38. The minimum Gasteiger partial charge on any atom is -0.369 e. The zero-order valence-corrected chi connectivity index (χ0v) is 31.4. The van der Waals surface area contributed by atoms with Crippen LogP contribution in [0.25, 0.3) is 0 Å². The number of thioether (sulfide) groups is 1. The number of likely N-dealkylation sites (tertiary alicyclic amines) is 1. The number of rotatable bonds is 8. The Hall–Kier alpha value is -4.12. The van der Waals surface area contributed by atoms with Gasteiger partial charge in [-0.05, 0) is 85.3 Å². The molecule has 276 valence electrons. The Kier molecular flexibility index (Phi) is 10.8. The van der Waals surface area contributed by atoms with Crippen molar-refractivity contribution in [2.45, 2.75) is 88.3 Å². The van der Waals surface area contributed by atoms with Gasteiger partial charge < -0.3 is 24.9 Å². The second-order valence-electron chi connectivity index (χ2n) is 15.9. The summed E-state index contributed by atoms with van der Waals surface area (Å²) in [5.41, 5.74) is 4.66. The average molecular weight is 727 g/mol. The Bertz CT molecular complexity index is 1750. The van der Waals surface area contributed by atoms with E-state index in [9.17, 15) is 14.4 Å². The first-order valence-corrected chi connectivity index (χ1v) is 19.8. The standard InChI is InChI=1S/C41H51FN6O3S/c1-41(2,3)18-26-48-38(50)35(27-36(49)45-23-16-31(17-24-45)47-25-15-30-7-4-5-10-34(30)44-40(47)51)52-39(48)32-8-6-9-33(42)37(32)46-21-13-29(14-22-46)28-11-19-43-20-12-28/h4-12,19-20,29,31,35,39H,13-18,21-27H2,1-3H3,(H,44,51)/t35-,39?/m0/s1. The van der Waals surface area contributed by atoms with Gasteiger partial charge in [0.15, 0.2) is 0 Å². The van der Waals surface area contributed by atoms with E-state index < -0.39 is 5.25 Å². The molecule has 0 spiro atoms. The molecule has 1 N–H and O–H groups in total. The third-order valence-corrected chi connectivity index (χ3v) is 12.7. The molecule has 4 amide bonds. The third-order valence-electron chi connectivity index (χ3n) is 11.3. The minimum absolute atomic E-state index is 0.000414. The van der Waals surface area contributed by atoms with Crippen LogP contribution >= 0.6 is 11.8 Å². The van der Waals surface area contributed by atoms with E-state index in [1.54, 1.807) is 6.07 Å². The molecule has 3 saturated heterocycles. The fourth-order valence-corrected chi connectivity index (χ4v) is 9.73. The molecule has 2 atom stereocenters. The van der Waals surface area contributed by atoms with Crippen LogP contribution < -0.4 is 10.2 Å². The van der Waals surface area contributed by atoms with Gasteiger partial charge in [-0.3, -0.25) is 14.6 Å². The van der Waals surface area contributed by atoms with Crippen LogP contribution in [0, 0.1) is 11.2 Å². The number of nitrogens with zero attached hydrogens (tertiary/aromatic N) is 5. The van der Waals surface area contributed by atoms with Gasteiger partial charge in [0.25, 0.3) is 0 Å². The molecule has 52 heavy (non-hydrogen) atoms. The van der Waals surface area contributed by atoms with Crippen LogP contribution in [-0.2, 0) is 16.0 Å². The van der Waals surface area contributed by atoms with Gasteiger partial charge in [0, 0.05) is 75.4 Å². The number of para-hydroxylation sites is 2. The van der Waals surface area contributed by atoms with Gasteiger partial charge >= 0.3 is 6.03 Å². The number of benzene rings is 2. The maximum absolute atomic E-state index is 15.9. The molecule has 0 bridgehead atoms. The van der Waals surface area contributed by atoms with Crippen molar-refractivity contribution in [1.82, 2.24) is 19.7 Å². The summed E-state index contributed by atoms with van der Waals surface area (Å²) in [6.07, 6.45) is 8.57. The molecule has 0 radical (unpaired) electrons. The predicted octanol–water partition coefficient (Wildman–Crippen LogP) is 7.45. The monoisotopic (exact) mass is 726 g/mol. The maximum atomic E-state index is 15.9. The first-order valence-electron chi connectivity index (χ1n) is 18.9. The van der Waals surface area contributed by atoms with Crippen molar-refractivity contribution >= 4 is 41.0 Å². The number of aromatic nitrogens is 1. The van der Waals surface area contributed by atoms with E-state index in [1.165, 1.54) is 23.4 Å². The number of urea groups is 1. The first kappa shape index (κ1) is 36.2. The number of piperidine rings is 2. The number of carbonyl (C=O) groups excluding carboxylic acids is 3. The number of carbonyl (C=O) groups is 3. The van der Waals surface area contributed by atoms with E-state index in [0.717, 1.165) is 55.6 Å². The molecule has 2 aromatic carbocycles. The zero-order valence-electron chi connectivity index (χ0n) is 30.6. The molecule has 4 aliphatic heterocycles. The second-order valence-corrected chi connectivity index (χ2v) is 17.2. The Balaban J connectivity index is 1.03. The van der Waals surface area contributed by atoms with Crippen molar-refractivity contribution in [3.63, 3.8) is 0 Å². The second kappa shape index (κ2) is 15.5. The fraction of sp³-hybridized carbons (Fsp3) is 0.512. The SMILES string of the molecule is CC(C)(C)CCN1C(=O)[C@H](CC(=O)N2CCC(N3CCc4ccccc4NC3=O)CC2)SC1c1cccc(F)c1N1CCC(c2ccncc2)CC1. The summed E-state index contributed by atoms with van der Waals surface area (Å²) in [6.45, 7) is 10.2. The summed E-state index contributed by atoms with van der Waals surface area (Å²) in [4.78, 5) is 53.1. The Morgan fingerprint density at radius 1 is 0.923 bits per heavy atom. The largest absolute Gasteiger partial charge is 0.369 e. The molecule has 11 heteroatoms. The summed E-state index contributed by atoms with van der Waals surface area (Å²) in [5.74, 6) is 0.0494. The Labute approximate surface area is 311 Å². The number of pyridine rings is 1. The van der Waals surface area contributed by atoms with Crippen molar-refractivity contribution in [3.8, 4) is 0 Å². The molecule has 0 aliphatic carbocycles. The topological polar surface area (TPSA) is 89.1 Å². The predicted molar refractivity (Wildman–Crippen MR) is 205 cm³/mol. The van der Waals surface area contributed by atoms with Crippen molar-refractivity contribution in [2.24, 2.45) is 5.41 Å². The number of hydrogen-bond donors (Lipinski definition) is 1. The quantitative estimate of drug-likeness (QED) is 0.260. The summed E-state index contributed by atoms with van der Waals surface area (Å²) in [5, 5.41) is 2.14. The normalized spacial score (nSPS) is 22.0. The molecule has 3 aromatic rings. The summed E-state index contributed by atoms with van der Waals surface area (Å²) < 4.78 is 15.9. The number of amides is 4. The van der Waals surface area contributed by atoms with Crippen LogP contribution in [0.5, 0.6) is 0 Å². The average Bonchev–Trinajstić information content (AvgIpc) is 3.34. The van der Waals surface area contributed by atoms with Gasteiger partial charge in [0.05, 0.1) is 10.9 Å². The number of hydrogen-bond acceptors (Lipinski definition) is 6. The van der Waals surface area contributed by atoms with Crippen molar-refractivity contribution in [3.05, 3.63) is 89.5 Å². The number of anilines is 2. The minimum atomic E-state index is -0.543. The van der Waals surface area contributed by atoms with E-state index in [0.29, 0.717) is 50.6 Å². The lowest BCUT2D eigenvalue weighted by atomic mass is 9.89. The van der Waals surface area contributed by atoms with Gasteiger partial charge in [-0.15, -0.1) is 11.8 Å². The summed E-state index contributed by atoms with van der Waals surface area (Å²) in [6, 6.07) is 17.3. The number of nitrogens with one attached hydrogen (secondary N) is 1. The highest BCUT2D eigenvalue weighted by Crippen LogP contribution is 2.49.